The topological polar surface area (TPSA) is 244 Å². The Morgan fingerprint density at radius 1 is 1.32 bits per heavy atom. The second-order valence-corrected chi connectivity index (χ2v) is 4.85. The Kier molecular flexibility index (Phi) is 15.2. The maximum Gasteiger partial charge on any atom is 1.00 e. The van der Waals surface area contributed by atoms with Gasteiger partial charge in [-0.25, -0.2) is 13.4 Å². The van der Waals surface area contributed by atoms with Gasteiger partial charge in [-0.05, 0) is 0 Å². The van der Waals surface area contributed by atoms with Crippen molar-refractivity contribution in [3.05, 3.63) is 18.2 Å². The van der Waals surface area contributed by atoms with E-state index >= 15 is 0 Å². The van der Waals surface area contributed by atoms with Gasteiger partial charge in [-0.2, -0.15) is 8.42 Å². The first-order valence-electron chi connectivity index (χ1n) is 4.54. The number of aromatic nitrogens is 2. The molecule has 0 aliphatic rings. The third-order valence-electron chi connectivity index (χ3n) is 1.31. The SMILES string of the molecule is N[C@@H](Cc1cnc[nH]1)C(=O)O.O=S(=O)(O)O.O=S(=O)([O-])O.[K+]. The van der Waals surface area contributed by atoms with Crippen molar-refractivity contribution in [2.75, 3.05) is 0 Å². The number of H-pyrrole nitrogens is 1. The van der Waals surface area contributed by atoms with Crippen LogP contribution in [0.15, 0.2) is 12.5 Å². The molecule has 1 heterocycles. The quantitative estimate of drug-likeness (QED) is 0.161. The molecule has 0 bridgehead atoms. The fourth-order valence-corrected chi connectivity index (χ4v) is 0.721. The van der Waals surface area contributed by atoms with E-state index in [4.69, 9.17) is 45.9 Å². The molecule has 1 rings (SSSR count). The molecule has 0 radical (unpaired) electrons. The number of aromatic amines is 1. The molecule has 1 aromatic rings. The van der Waals surface area contributed by atoms with Gasteiger partial charge in [-0.1, -0.05) is 0 Å². The van der Waals surface area contributed by atoms with Gasteiger partial charge >= 0.3 is 67.8 Å². The van der Waals surface area contributed by atoms with Crippen molar-refractivity contribution in [3.63, 3.8) is 0 Å². The molecule has 13 nitrogen and oxygen atoms in total. The summed E-state index contributed by atoms with van der Waals surface area (Å²) in [6.07, 6.45) is 3.34. The second-order valence-electron chi connectivity index (χ2n) is 3.10. The molecule has 0 aliphatic heterocycles. The Morgan fingerprint density at radius 2 is 1.68 bits per heavy atom. The molecule has 7 N–H and O–H groups in total. The number of aliphatic carboxylic acids is 1. The summed E-state index contributed by atoms with van der Waals surface area (Å²) in [5, 5.41) is 8.42. The van der Waals surface area contributed by atoms with Crippen molar-refractivity contribution in [1.29, 1.82) is 0 Å². The van der Waals surface area contributed by atoms with Crippen LogP contribution in [0, 0.1) is 0 Å². The zero-order valence-electron chi connectivity index (χ0n) is 11.0. The van der Waals surface area contributed by atoms with Crippen molar-refractivity contribution < 1.29 is 96.3 Å². The summed E-state index contributed by atoms with van der Waals surface area (Å²) in [7, 11) is -9.58. The van der Waals surface area contributed by atoms with Crippen molar-refractivity contribution in [1.82, 2.24) is 9.97 Å². The third kappa shape index (κ3) is 32.1. The summed E-state index contributed by atoms with van der Waals surface area (Å²) >= 11 is 0. The maximum atomic E-state index is 10.3. The molecule has 124 valence electrons. The van der Waals surface area contributed by atoms with Crippen molar-refractivity contribution in [3.8, 4) is 0 Å². The van der Waals surface area contributed by atoms with Crippen molar-refractivity contribution in [2.45, 2.75) is 12.5 Å². The number of hydrogen-bond acceptors (Lipinski definition) is 8. The van der Waals surface area contributed by atoms with Gasteiger partial charge in [0.15, 0.2) is 0 Å². The first-order chi connectivity index (χ1) is 9.20. The van der Waals surface area contributed by atoms with Crippen LogP contribution >= 0.6 is 0 Å². The van der Waals surface area contributed by atoms with Gasteiger partial charge in [-0.15, -0.1) is 0 Å². The molecule has 0 fully saturated rings. The molecule has 0 spiro atoms. The number of imidazole rings is 1. The van der Waals surface area contributed by atoms with Crippen molar-refractivity contribution in [2.24, 2.45) is 5.73 Å². The molecule has 0 saturated carbocycles. The largest absolute Gasteiger partial charge is 1.00 e. The number of carboxylic acids is 1. The van der Waals surface area contributed by atoms with E-state index < -0.39 is 32.8 Å². The first kappa shape index (κ1) is 26.9. The number of hydrogen-bond donors (Lipinski definition) is 6. The van der Waals surface area contributed by atoms with E-state index in [1.807, 2.05) is 0 Å². The Bertz CT molecular complexity index is 567. The van der Waals surface area contributed by atoms with Gasteiger partial charge in [0.2, 0.25) is 10.4 Å². The van der Waals surface area contributed by atoms with Crippen LogP contribution in [0.1, 0.15) is 5.69 Å². The minimum absolute atomic E-state index is 0. The summed E-state index contributed by atoms with van der Waals surface area (Å²) in [6.45, 7) is 0. The Morgan fingerprint density at radius 3 is 1.91 bits per heavy atom. The third-order valence-corrected chi connectivity index (χ3v) is 1.31. The fraction of sp³-hybridized carbons (Fsp3) is 0.333. The van der Waals surface area contributed by atoms with E-state index in [0.717, 1.165) is 5.69 Å². The van der Waals surface area contributed by atoms with E-state index in [9.17, 15) is 4.79 Å². The minimum atomic E-state index is -4.92. The minimum Gasteiger partial charge on any atom is -0.726 e. The molecule has 0 amide bonds. The summed E-state index contributed by atoms with van der Waals surface area (Å²) < 4.78 is 64.4. The average molecular weight is 389 g/mol. The van der Waals surface area contributed by atoms with Crippen LogP contribution in [0.25, 0.3) is 0 Å². The number of carbonyl (C=O) groups is 1. The normalized spacial score (nSPS) is 11.7. The molecule has 16 heteroatoms. The zero-order valence-corrected chi connectivity index (χ0v) is 15.8. The van der Waals surface area contributed by atoms with Crippen LogP contribution < -0.4 is 57.1 Å². The van der Waals surface area contributed by atoms with Crippen molar-refractivity contribution >= 4 is 26.8 Å². The van der Waals surface area contributed by atoms with Crippen LogP contribution in [-0.2, 0) is 32.0 Å². The molecule has 1 aromatic heterocycles. The summed E-state index contributed by atoms with van der Waals surface area (Å²) in [5.74, 6) is -1.00. The van der Waals surface area contributed by atoms with Gasteiger partial charge in [0.1, 0.15) is 6.04 Å². The number of nitrogens with zero attached hydrogens (tertiary/aromatic N) is 1. The molecular formula is C6H12KN3O10S2. The number of rotatable bonds is 3. The Balaban J connectivity index is -0.000000279. The average Bonchev–Trinajstić information content (AvgIpc) is 2.64. The van der Waals surface area contributed by atoms with Crippen LogP contribution in [0.3, 0.4) is 0 Å². The molecule has 0 aliphatic carbocycles. The molecule has 0 aromatic carbocycles. The fourth-order valence-electron chi connectivity index (χ4n) is 0.721. The monoisotopic (exact) mass is 389 g/mol. The van der Waals surface area contributed by atoms with Gasteiger partial charge in [-0.3, -0.25) is 18.5 Å². The van der Waals surface area contributed by atoms with Gasteiger partial charge < -0.3 is 20.4 Å². The van der Waals surface area contributed by atoms with E-state index in [1.165, 1.54) is 6.33 Å². The Hall–Kier alpha value is 0.0164. The second kappa shape index (κ2) is 12.4. The molecule has 0 unspecified atom stereocenters. The number of carboxylic acid groups (broad SMARTS) is 1. The molecule has 0 saturated heterocycles. The summed E-state index contributed by atoms with van der Waals surface area (Å²) in [6, 6.07) is -0.851. The van der Waals surface area contributed by atoms with Gasteiger partial charge in [0, 0.05) is 18.3 Å². The van der Waals surface area contributed by atoms with Crippen LogP contribution in [0.5, 0.6) is 0 Å². The smallest absolute Gasteiger partial charge is 0.726 e. The first-order valence-corrected chi connectivity index (χ1v) is 7.30. The van der Waals surface area contributed by atoms with Crippen LogP contribution in [0.4, 0.5) is 0 Å². The molecule has 22 heavy (non-hydrogen) atoms. The van der Waals surface area contributed by atoms with Crippen LogP contribution in [0.2, 0.25) is 0 Å². The maximum absolute atomic E-state index is 10.3. The Labute approximate surface area is 167 Å². The number of nitrogens with one attached hydrogen (secondary N) is 1. The van der Waals surface area contributed by atoms with E-state index in [-0.39, 0.29) is 57.8 Å². The number of nitrogens with two attached hydrogens (primary N) is 1. The molecular weight excluding hydrogens is 377 g/mol. The molecule has 1 atom stereocenters. The predicted molar refractivity (Wildman–Crippen MR) is 64.4 cm³/mol. The van der Waals surface area contributed by atoms with E-state index in [0.29, 0.717) is 0 Å². The van der Waals surface area contributed by atoms with Gasteiger partial charge in [0.05, 0.1) is 6.33 Å². The van der Waals surface area contributed by atoms with E-state index in [2.05, 4.69) is 9.97 Å². The van der Waals surface area contributed by atoms with E-state index in [1.54, 1.807) is 6.20 Å². The standard InChI is InChI=1S/C6H9N3O2.K.2H2O4S/c7-5(6(10)11)1-4-2-8-3-9-4;;2*1-5(2,3)4/h2-3,5H,1,7H2,(H,8,9)(H,10,11);;2*(H2,1,2,3,4)/q;+1;;/p-1/t5-;;;/m0.../s1. The van der Waals surface area contributed by atoms with Crippen LogP contribution in [-0.4, -0.2) is 62.1 Å². The van der Waals surface area contributed by atoms with Gasteiger partial charge in [0.25, 0.3) is 0 Å². The summed E-state index contributed by atoms with van der Waals surface area (Å²) in [4.78, 5) is 16.8. The summed E-state index contributed by atoms with van der Waals surface area (Å²) in [5.41, 5.74) is 6.00. The predicted octanol–water partition coefficient (Wildman–Crippen LogP) is -5.28. The zero-order chi connectivity index (χ0) is 17.3.